The SMILES string of the molecule is COC(=O)c1ccc(C(=O)CBr)cc1O. The first-order valence-corrected chi connectivity index (χ1v) is 5.22. The molecule has 1 aromatic rings. The Hall–Kier alpha value is -1.36. The number of hydrogen-bond donors (Lipinski definition) is 1. The molecule has 0 saturated heterocycles. The van der Waals surface area contributed by atoms with Crippen molar-refractivity contribution >= 4 is 27.7 Å². The number of Topliss-reactive ketones (excluding diaryl/α,β-unsaturated/α-hetero) is 1. The van der Waals surface area contributed by atoms with E-state index in [1.165, 1.54) is 25.3 Å². The van der Waals surface area contributed by atoms with Crippen LogP contribution in [0.3, 0.4) is 0 Å². The number of hydrogen-bond acceptors (Lipinski definition) is 4. The molecule has 0 unspecified atom stereocenters. The van der Waals surface area contributed by atoms with Gasteiger partial charge in [0.05, 0.1) is 12.4 Å². The fraction of sp³-hybridized carbons (Fsp3) is 0.200. The molecule has 0 heterocycles. The van der Waals surface area contributed by atoms with E-state index in [9.17, 15) is 14.7 Å². The van der Waals surface area contributed by atoms with Crippen LogP contribution >= 0.6 is 15.9 Å². The van der Waals surface area contributed by atoms with Gasteiger partial charge in [-0.2, -0.15) is 0 Å². The van der Waals surface area contributed by atoms with E-state index in [-0.39, 0.29) is 22.4 Å². The number of ether oxygens (including phenoxy) is 1. The molecule has 1 rings (SSSR count). The first-order chi connectivity index (χ1) is 7.10. The minimum atomic E-state index is -0.634. The normalized spacial score (nSPS) is 9.73. The summed E-state index contributed by atoms with van der Waals surface area (Å²) in [6.07, 6.45) is 0. The molecule has 5 heteroatoms. The first-order valence-electron chi connectivity index (χ1n) is 4.10. The van der Waals surface area contributed by atoms with E-state index in [4.69, 9.17) is 0 Å². The van der Waals surface area contributed by atoms with Gasteiger partial charge >= 0.3 is 5.97 Å². The van der Waals surface area contributed by atoms with Crippen molar-refractivity contribution in [1.29, 1.82) is 0 Å². The molecule has 4 nitrogen and oxygen atoms in total. The number of phenolic OH excluding ortho intramolecular Hbond substituents is 1. The second-order valence-electron chi connectivity index (χ2n) is 2.78. The Kier molecular flexibility index (Phi) is 3.85. The Bertz CT molecular complexity index is 400. The summed E-state index contributed by atoms with van der Waals surface area (Å²) < 4.78 is 4.45. The number of benzene rings is 1. The molecule has 0 fully saturated rings. The van der Waals surface area contributed by atoms with Gasteiger partial charge in [0.1, 0.15) is 11.3 Å². The van der Waals surface area contributed by atoms with Crippen molar-refractivity contribution in [3.63, 3.8) is 0 Å². The molecule has 0 bridgehead atoms. The van der Waals surface area contributed by atoms with Gasteiger partial charge in [-0.25, -0.2) is 4.79 Å². The van der Waals surface area contributed by atoms with E-state index >= 15 is 0 Å². The summed E-state index contributed by atoms with van der Waals surface area (Å²) in [5.41, 5.74) is 0.389. The van der Waals surface area contributed by atoms with Gasteiger partial charge in [0, 0.05) is 5.56 Å². The third-order valence-electron chi connectivity index (χ3n) is 1.85. The van der Waals surface area contributed by atoms with Crippen molar-refractivity contribution in [1.82, 2.24) is 0 Å². The number of esters is 1. The minimum absolute atomic E-state index is 0.0450. The second-order valence-corrected chi connectivity index (χ2v) is 3.34. The summed E-state index contributed by atoms with van der Waals surface area (Å²) in [5, 5.41) is 9.64. The van der Waals surface area contributed by atoms with Crippen LogP contribution in [0.4, 0.5) is 0 Å². The van der Waals surface area contributed by atoms with Gasteiger partial charge in [-0.05, 0) is 12.1 Å². The van der Waals surface area contributed by atoms with Gasteiger partial charge in [0.15, 0.2) is 5.78 Å². The number of methoxy groups -OCH3 is 1. The molecule has 0 aliphatic rings. The molecule has 0 radical (unpaired) electrons. The van der Waals surface area contributed by atoms with Crippen molar-refractivity contribution in [3.8, 4) is 5.75 Å². The lowest BCUT2D eigenvalue weighted by molar-refractivity contribution is 0.0597. The number of carbonyl (C=O) groups excluding carboxylic acids is 2. The molecule has 0 amide bonds. The Labute approximate surface area is 95.0 Å². The Morgan fingerprint density at radius 1 is 1.47 bits per heavy atom. The van der Waals surface area contributed by atoms with Gasteiger partial charge in [0.25, 0.3) is 0 Å². The summed E-state index contributed by atoms with van der Waals surface area (Å²) in [6, 6.07) is 4.07. The van der Waals surface area contributed by atoms with Crippen LogP contribution in [0.15, 0.2) is 18.2 Å². The average molecular weight is 273 g/mol. The van der Waals surface area contributed by atoms with Crippen LogP contribution in [0.25, 0.3) is 0 Å². The Morgan fingerprint density at radius 3 is 2.60 bits per heavy atom. The first kappa shape index (κ1) is 11.7. The van der Waals surface area contributed by atoms with E-state index in [0.717, 1.165) is 0 Å². The quantitative estimate of drug-likeness (QED) is 0.517. The fourth-order valence-corrected chi connectivity index (χ4v) is 1.39. The maximum Gasteiger partial charge on any atom is 0.341 e. The van der Waals surface area contributed by atoms with E-state index < -0.39 is 5.97 Å². The van der Waals surface area contributed by atoms with Crippen LogP contribution in [0, 0.1) is 0 Å². The molecule has 0 atom stereocenters. The second kappa shape index (κ2) is 4.93. The lowest BCUT2D eigenvalue weighted by atomic mass is 10.1. The molecule has 1 aromatic carbocycles. The number of aromatic hydroxyl groups is 1. The fourth-order valence-electron chi connectivity index (χ4n) is 1.06. The van der Waals surface area contributed by atoms with Gasteiger partial charge < -0.3 is 9.84 Å². The van der Waals surface area contributed by atoms with Crippen LogP contribution in [-0.4, -0.2) is 29.3 Å². The molecular weight excluding hydrogens is 264 g/mol. The highest BCUT2D eigenvalue weighted by Crippen LogP contribution is 2.20. The highest BCUT2D eigenvalue weighted by atomic mass is 79.9. The summed E-state index contributed by atoms with van der Waals surface area (Å²) in [4.78, 5) is 22.4. The van der Waals surface area contributed by atoms with Crippen molar-refractivity contribution in [3.05, 3.63) is 29.3 Å². The zero-order chi connectivity index (χ0) is 11.4. The minimum Gasteiger partial charge on any atom is -0.507 e. The van der Waals surface area contributed by atoms with Crippen LogP contribution < -0.4 is 0 Å². The van der Waals surface area contributed by atoms with E-state index in [1.54, 1.807) is 0 Å². The lowest BCUT2D eigenvalue weighted by Crippen LogP contribution is -2.04. The lowest BCUT2D eigenvalue weighted by Gasteiger charge is -2.04. The molecule has 0 aliphatic heterocycles. The molecule has 0 spiro atoms. The average Bonchev–Trinajstić information content (AvgIpc) is 2.26. The van der Waals surface area contributed by atoms with E-state index in [2.05, 4.69) is 20.7 Å². The molecule has 0 aliphatic carbocycles. The number of carbonyl (C=O) groups is 2. The van der Waals surface area contributed by atoms with Crippen LogP contribution in [0.5, 0.6) is 5.75 Å². The van der Waals surface area contributed by atoms with Gasteiger partial charge in [-0.1, -0.05) is 22.0 Å². The predicted molar refractivity (Wildman–Crippen MR) is 57.6 cm³/mol. The Balaban J connectivity index is 3.08. The molecule has 80 valence electrons. The monoisotopic (exact) mass is 272 g/mol. The van der Waals surface area contributed by atoms with Gasteiger partial charge in [0.2, 0.25) is 0 Å². The van der Waals surface area contributed by atoms with E-state index in [1.807, 2.05) is 0 Å². The number of ketones is 1. The Morgan fingerprint density at radius 2 is 2.13 bits per heavy atom. The molecule has 15 heavy (non-hydrogen) atoms. The maximum atomic E-state index is 11.2. The summed E-state index contributed by atoms with van der Waals surface area (Å²) in [6.45, 7) is 0. The summed E-state index contributed by atoms with van der Waals surface area (Å²) in [7, 11) is 1.22. The maximum absolute atomic E-state index is 11.2. The standard InChI is InChI=1S/C10H9BrO4/c1-15-10(14)7-3-2-6(4-8(7)12)9(13)5-11/h2-4,12H,5H2,1H3. The number of rotatable bonds is 3. The van der Waals surface area contributed by atoms with E-state index in [0.29, 0.717) is 5.56 Å². The number of alkyl halides is 1. The summed E-state index contributed by atoms with van der Waals surface area (Å²) in [5.74, 6) is -1.05. The third-order valence-corrected chi connectivity index (χ3v) is 2.36. The van der Waals surface area contributed by atoms with Crippen LogP contribution in [0.1, 0.15) is 20.7 Å². The molecule has 1 N–H and O–H groups in total. The van der Waals surface area contributed by atoms with Crippen molar-refractivity contribution in [2.75, 3.05) is 12.4 Å². The van der Waals surface area contributed by atoms with Crippen LogP contribution in [-0.2, 0) is 4.74 Å². The molecule has 0 aromatic heterocycles. The van der Waals surface area contributed by atoms with Crippen molar-refractivity contribution in [2.24, 2.45) is 0 Å². The molecule has 0 saturated carbocycles. The smallest absolute Gasteiger partial charge is 0.341 e. The largest absolute Gasteiger partial charge is 0.507 e. The number of halogens is 1. The number of phenols is 1. The van der Waals surface area contributed by atoms with Crippen LogP contribution in [0.2, 0.25) is 0 Å². The summed E-state index contributed by atoms with van der Waals surface area (Å²) >= 11 is 3.01. The highest BCUT2D eigenvalue weighted by Gasteiger charge is 2.13. The predicted octanol–water partition coefficient (Wildman–Crippen LogP) is 1.76. The van der Waals surface area contributed by atoms with Gasteiger partial charge in [-0.15, -0.1) is 0 Å². The van der Waals surface area contributed by atoms with Crippen molar-refractivity contribution < 1.29 is 19.4 Å². The highest BCUT2D eigenvalue weighted by molar-refractivity contribution is 9.09. The van der Waals surface area contributed by atoms with Gasteiger partial charge in [-0.3, -0.25) is 4.79 Å². The molecular formula is C10H9BrO4. The topological polar surface area (TPSA) is 63.6 Å². The zero-order valence-electron chi connectivity index (χ0n) is 7.99. The third kappa shape index (κ3) is 2.56. The zero-order valence-corrected chi connectivity index (χ0v) is 9.58. The van der Waals surface area contributed by atoms with Crippen molar-refractivity contribution in [2.45, 2.75) is 0 Å².